The van der Waals surface area contributed by atoms with Crippen LogP contribution in [0.5, 0.6) is 0 Å². The van der Waals surface area contributed by atoms with Gasteiger partial charge in [-0.3, -0.25) is 4.98 Å². The number of para-hydroxylation sites is 1. The number of nitrogens with one attached hydrogen (secondary N) is 1. The van der Waals surface area contributed by atoms with E-state index in [0.717, 1.165) is 49.0 Å². The van der Waals surface area contributed by atoms with Gasteiger partial charge in [0.25, 0.3) is 0 Å². The van der Waals surface area contributed by atoms with Crippen LogP contribution in [0.15, 0.2) is 28.7 Å². The molecule has 1 fully saturated rings. The number of pyridine rings is 1. The molecular formula is C16H20BrN3. The van der Waals surface area contributed by atoms with Crippen molar-refractivity contribution in [1.29, 1.82) is 0 Å². The maximum Gasteiger partial charge on any atom is 0.0868 e. The zero-order valence-corrected chi connectivity index (χ0v) is 13.4. The zero-order valence-electron chi connectivity index (χ0n) is 11.8. The van der Waals surface area contributed by atoms with Gasteiger partial charge in [0, 0.05) is 47.4 Å². The lowest BCUT2D eigenvalue weighted by molar-refractivity contribution is 0.590. The molecular weight excluding hydrogens is 314 g/mol. The Balaban J connectivity index is 2.14. The summed E-state index contributed by atoms with van der Waals surface area (Å²) in [6.07, 6.45) is 2.17. The van der Waals surface area contributed by atoms with Crippen LogP contribution in [-0.4, -0.2) is 31.2 Å². The van der Waals surface area contributed by atoms with Gasteiger partial charge in [-0.2, -0.15) is 0 Å². The lowest BCUT2D eigenvalue weighted by Gasteiger charge is -2.30. The lowest BCUT2D eigenvalue weighted by atomic mass is 10.1. The van der Waals surface area contributed by atoms with Crippen LogP contribution in [0.25, 0.3) is 10.9 Å². The monoisotopic (exact) mass is 333 g/mol. The SMILES string of the molecule is CCCc1cc(N2CCNCC2)c2cccc(Br)c2n1. The molecule has 2 aromatic rings. The Bertz CT molecular complexity index is 606. The molecule has 106 valence electrons. The molecule has 1 aliphatic rings. The maximum atomic E-state index is 4.83. The number of benzene rings is 1. The number of aromatic nitrogens is 1. The van der Waals surface area contributed by atoms with Crippen molar-refractivity contribution >= 4 is 32.5 Å². The van der Waals surface area contributed by atoms with E-state index in [9.17, 15) is 0 Å². The Hall–Kier alpha value is -1.13. The van der Waals surface area contributed by atoms with Crippen LogP contribution in [-0.2, 0) is 6.42 Å². The first-order valence-electron chi connectivity index (χ1n) is 7.33. The molecule has 1 N–H and O–H groups in total. The maximum absolute atomic E-state index is 4.83. The van der Waals surface area contributed by atoms with Crippen LogP contribution in [0.4, 0.5) is 5.69 Å². The molecule has 1 saturated heterocycles. The fraction of sp³-hybridized carbons (Fsp3) is 0.438. The van der Waals surface area contributed by atoms with Crippen LogP contribution in [0.1, 0.15) is 19.0 Å². The highest BCUT2D eigenvalue weighted by Crippen LogP contribution is 2.31. The van der Waals surface area contributed by atoms with Gasteiger partial charge in [-0.25, -0.2) is 0 Å². The van der Waals surface area contributed by atoms with Gasteiger partial charge in [-0.15, -0.1) is 0 Å². The molecule has 1 aromatic heterocycles. The first kappa shape index (κ1) is 13.8. The normalized spacial score (nSPS) is 15.8. The minimum Gasteiger partial charge on any atom is -0.368 e. The van der Waals surface area contributed by atoms with Crippen LogP contribution < -0.4 is 10.2 Å². The first-order valence-corrected chi connectivity index (χ1v) is 8.12. The highest BCUT2D eigenvalue weighted by atomic mass is 79.9. The summed E-state index contributed by atoms with van der Waals surface area (Å²) in [7, 11) is 0. The predicted octanol–water partition coefficient (Wildman–Crippen LogP) is 3.36. The lowest BCUT2D eigenvalue weighted by Crippen LogP contribution is -2.43. The molecule has 0 bridgehead atoms. The van der Waals surface area contributed by atoms with Crippen LogP contribution in [0.3, 0.4) is 0 Å². The third-order valence-corrected chi connectivity index (χ3v) is 4.43. The average Bonchev–Trinajstić information content (AvgIpc) is 2.49. The van der Waals surface area contributed by atoms with Crippen molar-refractivity contribution in [2.75, 3.05) is 31.1 Å². The van der Waals surface area contributed by atoms with Crippen molar-refractivity contribution < 1.29 is 0 Å². The smallest absolute Gasteiger partial charge is 0.0868 e. The molecule has 1 aromatic carbocycles. The molecule has 0 saturated carbocycles. The summed E-state index contributed by atoms with van der Waals surface area (Å²) in [5.74, 6) is 0. The van der Waals surface area contributed by atoms with Gasteiger partial charge in [0.2, 0.25) is 0 Å². The molecule has 0 spiro atoms. The molecule has 20 heavy (non-hydrogen) atoms. The number of hydrogen-bond acceptors (Lipinski definition) is 3. The van der Waals surface area contributed by atoms with Gasteiger partial charge in [0.05, 0.1) is 5.52 Å². The van der Waals surface area contributed by atoms with E-state index in [1.807, 2.05) is 0 Å². The minimum absolute atomic E-state index is 1.04. The summed E-state index contributed by atoms with van der Waals surface area (Å²) in [5, 5.41) is 4.67. The number of halogens is 1. The van der Waals surface area contributed by atoms with Crippen LogP contribution in [0, 0.1) is 0 Å². The summed E-state index contributed by atoms with van der Waals surface area (Å²) in [6, 6.07) is 8.63. The van der Waals surface area contributed by atoms with Crippen molar-refractivity contribution in [3.63, 3.8) is 0 Å². The van der Waals surface area contributed by atoms with Gasteiger partial charge >= 0.3 is 0 Å². The molecule has 4 heteroatoms. The second-order valence-electron chi connectivity index (χ2n) is 5.26. The third kappa shape index (κ3) is 2.67. The topological polar surface area (TPSA) is 28.2 Å². The Labute approximate surface area is 128 Å². The molecule has 2 heterocycles. The molecule has 1 aliphatic heterocycles. The summed E-state index contributed by atoms with van der Waals surface area (Å²) < 4.78 is 1.09. The van der Waals surface area contributed by atoms with E-state index in [1.165, 1.54) is 16.8 Å². The molecule has 0 radical (unpaired) electrons. The largest absolute Gasteiger partial charge is 0.368 e. The second kappa shape index (κ2) is 6.10. The number of piperazine rings is 1. The predicted molar refractivity (Wildman–Crippen MR) is 88.5 cm³/mol. The fourth-order valence-corrected chi connectivity index (χ4v) is 3.25. The quantitative estimate of drug-likeness (QED) is 0.933. The Kier molecular flexibility index (Phi) is 4.22. The van der Waals surface area contributed by atoms with E-state index in [0.29, 0.717) is 0 Å². The van der Waals surface area contributed by atoms with Gasteiger partial charge in [-0.1, -0.05) is 25.5 Å². The van der Waals surface area contributed by atoms with E-state index in [4.69, 9.17) is 4.98 Å². The Morgan fingerprint density at radius 1 is 1.30 bits per heavy atom. The first-order chi connectivity index (χ1) is 9.79. The number of nitrogens with zero attached hydrogens (tertiary/aromatic N) is 2. The molecule has 0 aliphatic carbocycles. The third-order valence-electron chi connectivity index (χ3n) is 3.79. The summed E-state index contributed by atoms with van der Waals surface area (Å²) in [5.41, 5.74) is 3.62. The van der Waals surface area contributed by atoms with Crippen molar-refractivity contribution in [2.45, 2.75) is 19.8 Å². The number of rotatable bonds is 3. The standard InChI is InChI=1S/C16H20BrN3/c1-2-4-12-11-15(20-9-7-18-8-10-20)13-5-3-6-14(17)16(13)19-12/h3,5-6,11,18H,2,4,7-10H2,1H3. The zero-order chi connectivity index (χ0) is 13.9. The van der Waals surface area contributed by atoms with Gasteiger partial charge < -0.3 is 10.2 Å². The van der Waals surface area contributed by atoms with Crippen molar-refractivity contribution in [3.8, 4) is 0 Å². The number of fused-ring (bicyclic) bond motifs is 1. The van der Waals surface area contributed by atoms with Crippen LogP contribution >= 0.6 is 15.9 Å². The van der Waals surface area contributed by atoms with E-state index in [1.54, 1.807) is 0 Å². The fourth-order valence-electron chi connectivity index (χ4n) is 2.80. The van der Waals surface area contributed by atoms with Crippen molar-refractivity contribution in [3.05, 3.63) is 34.4 Å². The summed E-state index contributed by atoms with van der Waals surface area (Å²) >= 11 is 3.65. The number of hydrogen-bond donors (Lipinski definition) is 1. The van der Waals surface area contributed by atoms with E-state index in [2.05, 4.69) is 57.3 Å². The molecule has 0 atom stereocenters. The Morgan fingerprint density at radius 2 is 2.10 bits per heavy atom. The van der Waals surface area contributed by atoms with Gasteiger partial charge in [0.15, 0.2) is 0 Å². The van der Waals surface area contributed by atoms with E-state index in [-0.39, 0.29) is 0 Å². The van der Waals surface area contributed by atoms with Crippen molar-refractivity contribution in [1.82, 2.24) is 10.3 Å². The number of anilines is 1. The molecule has 3 rings (SSSR count). The van der Waals surface area contributed by atoms with E-state index >= 15 is 0 Å². The summed E-state index contributed by atoms with van der Waals surface area (Å²) in [6.45, 7) is 6.45. The van der Waals surface area contributed by atoms with Crippen LogP contribution in [0.2, 0.25) is 0 Å². The Morgan fingerprint density at radius 3 is 2.85 bits per heavy atom. The highest BCUT2D eigenvalue weighted by Gasteiger charge is 2.16. The minimum atomic E-state index is 1.04. The molecule has 0 unspecified atom stereocenters. The molecule has 0 amide bonds. The van der Waals surface area contributed by atoms with Gasteiger partial charge in [0.1, 0.15) is 0 Å². The number of aryl methyl sites for hydroxylation is 1. The average molecular weight is 334 g/mol. The second-order valence-corrected chi connectivity index (χ2v) is 6.11. The van der Waals surface area contributed by atoms with E-state index < -0.39 is 0 Å². The molecule has 3 nitrogen and oxygen atoms in total. The summed E-state index contributed by atoms with van der Waals surface area (Å²) in [4.78, 5) is 7.31. The van der Waals surface area contributed by atoms with Gasteiger partial charge in [-0.05, 0) is 34.5 Å². The van der Waals surface area contributed by atoms with Crippen molar-refractivity contribution in [2.24, 2.45) is 0 Å². The highest BCUT2D eigenvalue weighted by molar-refractivity contribution is 9.10.